The molecule has 2 aromatic rings. The molecule has 0 fully saturated rings. The largest absolute Gasteiger partial charge is 0.573 e. The molecule has 0 heterocycles. The van der Waals surface area contributed by atoms with Crippen molar-refractivity contribution in [3.8, 4) is 5.75 Å². The first-order valence-corrected chi connectivity index (χ1v) is 7.80. The molecule has 1 atom stereocenters. The number of ether oxygens (including phenoxy) is 1. The lowest BCUT2D eigenvalue weighted by Gasteiger charge is -2.22. The zero-order valence-corrected chi connectivity index (χ0v) is 13.7. The van der Waals surface area contributed by atoms with E-state index < -0.39 is 12.4 Å². The molecule has 0 amide bonds. The van der Waals surface area contributed by atoms with Crippen LogP contribution in [-0.2, 0) is 0 Å². The van der Waals surface area contributed by atoms with E-state index in [4.69, 9.17) is 5.73 Å². The lowest BCUT2D eigenvalue weighted by molar-refractivity contribution is -0.274. The van der Waals surface area contributed by atoms with Crippen LogP contribution in [0.2, 0.25) is 0 Å². The molecule has 3 nitrogen and oxygen atoms in total. The van der Waals surface area contributed by atoms with Crippen LogP contribution in [-0.4, -0.2) is 19.5 Å². The van der Waals surface area contributed by atoms with Gasteiger partial charge < -0.3 is 15.4 Å². The smallest absolute Gasteiger partial charge is 0.406 e. The number of nitrogens with two attached hydrogens (primary N) is 1. The first-order chi connectivity index (χ1) is 11.3. The SMILES string of the molecule is CCN(CC)c1ccc([C@@H](N)c2ccc(OC(F)(F)F)cc2)cc1. The monoisotopic (exact) mass is 338 g/mol. The Labute approximate surface area is 139 Å². The quantitative estimate of drug-likeness (QED) is 0.844. The second-order valence-corrected chi connectivity index (χ2v) is 5.36. The number of alkyl halides is 3. The summed E-state index contributed by atoms with van der Waals surface area (Å²) in [6, 6.07) is 13.1. The third-order valence-electron chi connectivity index (χ3n) is 3.85. The van der Waals surface area contributed by atoms with Gasteiger partial charge in [0.25, 0.3) is 0 Å². The van der Waals surface area contributed by atoms with Gasteiger partial charge in [-0.3, -0.25) is 0 Å². The van der Waals surface area contributed by atoms with E-state index in [9.17, 15) is 13.2 Å². The Morgan fingerprint density at radius 3 is 1.79 bits per heavy atom. The molecule has 24 heavy (non-hydrogen) atoms. The maximum absolute atomic E-state index is 12.2. The van der Waals surface area contributed by atoms with E-state index >= 15 is 0 Å². The summed E-state index contributed by atoms with van der Waals surface area (Å²) in [6.07, 6.45) is -4.69. The lowest BCUT2D eigenvalue weighted by atomic mass is 9.99. The van der Waals surface area contributed by atoms with E-state index in [0.717, 1.165) is 29.9 Å². The Hall–Kier alpha value is -2.21. The van der Waals surface area contributed by atoms with Crippen LogP contribution in [0.4, 0.5) is 18.9 Å². The molecule has 2 aromatic carbocycles. The molecule has 0 saturated heterocycles. The zero-order valence-electron chi connectivity index (χ0n) is 13.7. The van der Waals surface area contributed by atoms with Crippen molar-refractivity contribution in [3.63, 3.8) is 0 Å². The minimum absolute atomic E-state index is 0.254. The fourth-order valence-corrected chi connectivity index (χ4v) is 2.55. The van der Waals surface area contributed by atoms with Gasteiger partial charge in [0.15, 0.2) is 0 Å². The molecule has 6 heteroatoms. The predicted octanol–water partition coefficient (Wildman–Crippen LogP) is 4.48. The van der Waals surface area contributed by atoms with Crippen LogP contribution in [0.15, 0.2) is 48.5 Å². The first kappa shape index (κ1) is 18.1. The minimum atomic E-state index is -4.69. The molecule has 130 valence electrons. The van der Waals surface area contributed by atoms with Crippen molar-refractivity contribution in [1.82, 2.24) is 0 Å². The Balaban J connectivity index is 2.12. The molecule has 0 spiro atoms. The highest BCUT2D eigenvalue weighted by atomic mass is 19.4. The molecule has 2 rings (SSSR count). The van der Waals surface area contributed by atoms with Crippen molar-refractivity contribution < 1.29 is 17.9 Å². The number of benzene rings is 2. The standard InChI is InChI=1S/C18H21F3N2O/c1-3-23(4-2)15-9-5-13(6-10-15)17(22)14-7-11-16(12-8-14)24-18(19,20)21/h5-12,17H,3-4,22H2,1-2H3/t17-/m1/s1. The number of nitrogens with zero attached hydrogens (tertiary/aromatic N) is 1. The number of hydrogen-bond donors (Lipinski definition) is 1. The molecule has 0 saturated carbocycles. The maximum atomic E-state index is 12.2. The average molecular weight is 338 g/mol. The van der Waals surface area contributed by atoms with E-state index in [2.05, 4.69) is 23.5 Å². The molecule has 0 aliphatic heterocycles. The Morgan fingerprint density at radius 1 is 0.917 bits per heavy atom. The van der Waals surface area contributed by atoms with Crippen LogP contribution in [0.3, 0.4) is 0 Å². The van der Waals surface area contributed by atoms with Crippen molar-refractivity contribution >= 4 is 5.69 Å². The maximum Gasteiger partial charge on any atom is 0.573 e. The van der Waals surface area contributed by atoms with Gasteiger partial charge in [-0.25, -0.2) is 0 Å². The van der Waals surface area contributed by atoms with Crippen molar-refractivity contribution in [2.24, 2.45) is 5.73 Å². The van der Waals surface area contributed by atoms with Gasteiger partial charge in [-0.1, -0.05) is 24.3 Å². The van der Waals surface area contributed by atoms with Crippen LogP contribution < -0.4 is 15.4 Å². The summed E-state index contributed by atoms with van der Waals surface area (Å²) >= 11 is 0. The molecule has 0 bridgehead atoms. The second-order valence-electron chi connectivity index (χ2n) is 5.36. The van der Waals surface area contributed by atoms with E-state index in [-0.39, 0.29) is 5.75 Å². The average Bonchev–Trinajstić information content (AvgIpc) is 2.55. The van der Waals surface area contributed by atoms with Gasteiger partial charge >= 0.3 is 6.36 Å². The molecule has 0 unspecified atom stereocenters. The van der Waals surface area contributed by atoms with Gasteiger partial charge in [-0.05, 0) is 49.2 Å². The summed E-state index contributed by atoms with van der Waals surface area (Å²) in [5, 5.41) is 0. The van der Waals surface area contributed by atoms with E-state index in [1.807, 2.05) is 24.3 Å². The molecule has 2 N–H and O–H groups in total. The Kier molecular flexibility index (Phi) is 5.72. The molecule has 0 aliphatic rings. The topological polar surface area (TPSA) is 38.5 Å². The van der Waals surface area contributed by atoms with Crippen molar-refractivity contribution in [1.29, 1.82) is 0 Å². The third-order valence-corrected chi connectivity index (χ3v) is 3.85. The highest BCUT2D eigenvalue weighted by Gasteiger charge is 2.31. The normalized spacial score (nSPS) is 12.8. The number of halogens is 3. The summed E-state index contributed by atoms with van der Waals surface area (Å²) in [7, 11) is 0. The fraction of sp³-hybridized carbons (Fsp3) is 0.333. The fourth-order valence-electron chi connectivity index (χ4n) is 2.55. The molecule has 0 aliphatic carbocycles. The van der Waals surface area contributed by atoms with Crippen LogP contribution in [0.25, 0.3) is 0 Å². The Bertz CT molecular complexity index is 635. The second kappa shape index (κ2) is 7.57. The Morgan fingerprint density at radius 2 is 1.38 bits per heavy atom. The highest BCUT2D eigenvalue weighted by molar-refractivity contribution is 5.49. The van der Waals surface area contributed by atoms with E-state index in [1.165, 1.54) is 12.1 Å². The summed E-state index contributed by atoms with van der Waals surface area (Å²) in [4.78, 5) is 2.22. The van der Waals surface area contributed by atoms with Crippen molar-refractivity contribution in [3.05, 3.63) is 59.7 Å². The molecular formula is C18H21F3N2O. The van der Waals surface area contributed by atoms with Crippen LogP contribution in [0.1, 0.15) is 31.0 Å². The van der Waals surface area contributed by atoms with Gasteiger partial charge in [0.2, 0.25) is 0 Å². The van der Waals surface area contributed by atoms with Gasteiger partial charge in [0.05, 0.1) is 6.04 Å². The lowest BCUT2D eigenvalue weighted by Crippen LogP contribution is -2.21. The summed E-state index contributed by atoms with van der Waals surface area (Å²) in [6.45, 7) is 6.02. The zero-order chi connectivity index (χ0) is 17.7. The van der Waals surface area contributed by atoms with E-state index in [1.54, 1.807) is 12.1 Å². The van der Waals surface area contributed by atoms with Crippen LogP contribution >= 0.6 is 0 Å². The van der Waals surface area contributed by atoms with Crippen LogP contribution in [0.5, 0.6) is 5.75 Å². The molecule has 0 radical (unpaired) electrons. The summed E-state index contributed by atoms with van der Waals surface area (Å²) < 4.78 is 40.4. The number of rotatable bonds is 6. The van der Waals surface area contributed by atoms with Gasteiger partial charge in [-0.15, -0.1) is 13.2 Å². The molecule has 0 aromatic heterocycles. The third kappa shape index (κ3) is 4.64. The molecular weight excluding hydrogens is 317 g/mol. The first-order valence-electron chi connectivity index (χ1n) is 7.80. The van der Waals surface area contributed by atoms with E-state index in [0.29, 0.717) is 0 Å². The number of anilines is 1. The van der Waals surface area contributed by atoms with Gasteiger partial charge in [0, 0.05) is 18.8 Å². The van der Waals surface area contributed by atoms with Crippen LogP contribution in [0, 0.1) is 0 Å². The summed E-state index contributed by atoms with van der Waals surface area (Å²) in [5.74, 6) is -0.254. The minimum Gasteiger partial charge on any atom is -0.406 e. The predicted molar refractivity (Wildman–Crippen MR) is 89.2 cm³/mol. The van der Waals surface area contributed by atoms with Gasteiger partial charge in [-0.2, -0.15) is 0 Å². The van der Waals surface area contributed by atoms with Crippen molar-refractivity contribution in [2.75, 3.05) is 18.0 Å². The summed E-state index contributed by atoms with van der Waals surface area (Å²) in [5.41, 5.74) is 8.94. The van der Waals surface area contributed by atoms with Gasteiger partial charge in [0.1, 0.15) is 5.75 Å². The number of hydrogen-bond acceptors (Lipinski definition) is 3. The van der Waals surface area contributed by atoms with Crippen molar-refractivity contribution in [2.45, 2.75) is 26.3 Å². The highest BCUT2D eigenvalue weighted by Crippen LogP contribution is 2.27.